The number of ether oxygens (including phenoxy) is 1. The Kier molecular flexibility index (Phi) is 6.03. The number of hydrogen-bond acceptors (Lipinski definition) is 5. The molecule has 1 aromatic carbocycles. The number of pyridine rings is 1. The molecule has 146 valence electrons. The van der Waals surface area contributed by atoms with Gasteiger partial charge in [-0.3, -0.25) is 9.59 Å². The Hall–Kier alpha value is -3.22. The molecule has 1 aliphatic heterocycles. The van der Waals surface area contributed by atoms with Gasteiger partial charge in [0.15, 0.2) is 0 Å². The summed E-state index contributed by atoms with van der Waals surface area (Å²) in [5, 5.41) is 2.70. The second kappa shape index (κ2) is 8.65. The number of anilines is 1. The third-order valence-electron chi connectivity index (χ3n) is 4.80. The highest BCUT2D eigenvalue weighted by molar-refractivity contribution is 5.97. The molecule has 1 saturated heterocycles. The average molecular weight is 381 g/mol. The lowest BCUT2D eigenvalue weighted by Gasteiger charge is -2.25. The highest BCUT2D eigenvalue weighted by Gasteiger charge is 2.37. The van der Waals surface area contributed by atoms with Crippen LogP contribution in [-0.2, 0) is 14.3 Å². The van der Waals surface area contributed by atoms with Crippen LogP contribution in [0.1, 0.15) is 42.2 Å². The van der Waals surface area contributed by atoms with Gasteiger partial charge in [0.1, 0.15) is 5.82 Å². The molecular weight excluding hydrogens is 358 g/mol. The van der Waals surface area contributed by atoms with Crippen LogP contribution in [0.15, 0.2) is 48.7 Å². The van der Waals surface area contributed by atoms with Gasteiger partial charge in [0, 0.05) is 19.2 Å². The molecule has 1 aliphatic rings. The second-order valence-corrected chi connectivity index (χ2v) is 6.67. The molecule has 1 fully saturated rings. The summed E-state index contributed by atoms with van der Waals surface area (Å²) in [4.78, 5) is 42.7. The van der Waals surface area contributed by atoms with E-state index in [0.717, 1.165) is 5.56 Å². The SMILES string of the molecule is CCOC(=O)c1ccnc(NC(=O)C2CC(=O)N(C(C)c3ccccc3)C2)c1. The number of nitrogens with one attached hydrogen (secondary N) is 1. The van der Waals surface area contributed by atoms with Gasteiger partial charge in [-0.05, 0) is 31.5 Å². The Balaban J connectivity index is 1.65. The number of aromatic nitrogens is 1. The average Bonchev–Trinajstić information content (AvgIpc) is 3.10. The van der Waals surface area contributed by atoms with Crippen molar-refractivity contribution in [3.63, 3.8) is 0 Å². The van der Waals surface area contributed by atoms with Crippen molar-refractivity contribution in [1.82, 2.24) is 9.88 Å². The summed E-state index contributed by atoms with van der Waals surface area (Å²) in [5.41, 5.74) is 1.34. The van der Waals surface area contributed by atoms with Crippen molar-refractivity contribution in [3.8, 4) is 0 Å². The van der Waals surface area contributed by atoms with E-state index in [2.05, 4.69) is 10.3 Å². The maximum absolute atomic E-state index is 12.6. The van der Waals surface area contributed by atoms with Gasteiger partial charge >= 0.3 is 5.97 Å². The number of likely N-dealkylation sites (tertiary alicyclic amines) is 1. The fourth-order valence-corrected chi connectivity index (χ4v) is 3.26. The van der Waals surface area contributed by atoms with E-state index in [1.165, 1.54) is 18.3 Å². The lowest BCUT2D eigenvalue weighted by atomic mass is 10.1. The van der Waals surface area contributed by atoms with Crippen LogP contribution in [0.25, 0.3) is 0 Å². The fraction of sp³-hybridized carbons (Fsp3) is 0.333. The number of carbonyl (C=O) groups excluding carboxylic acids is 3. The lowest BCUT2D eigenvalue weighted by Crippen LogP contribution is -2.30. The summed E-state index contributed by atoms with van der Waals surface area (Å²) in [6.07, 6.45) is 1.59. The van der Waals surface area contributed by atoms with E-state index in [1.54, 1.807) is 11.8 Å². The number of carbonyl (C=O) groups is 3. The van der Waals surface area contributed by atoms with Crippen LogP contribution in [0.3, 0.4) is 0 Å². The first-order chi connectivity index (χ1) is 13.5. The van der Waals surface area contributed by atoms with Gasteiger partial charge in [-0.1, -0.05) is 30.3 Å². The molecule has 0 aliphatic carbocycles. The van der Waals surface area contributed by atoms with E-state index in [-0.39, 0.29) is 36.7 Å². The number of esters is 1. The van der Waals surface area contributed by atoms with Crippen molar-refractivity contribution in [2.45, 2.75) is 26.3 Å². The van der Waals surface area contributed by atoms with Gasteiger partial charge in [0.05, 0.1) is 24.1 Å². The quantitative estimate of drug-likeness (QED) is 0.778. The normalized spacial score (nSPS) is 17.3. The Morgan fingerprint density at radius 1 is 1.29 bits per heavy atom. The third-order valence-corrected chi connectivity index (χ3v) is 4.80. The van der Waals surface area contributed by atoms with Crippen LogP contribution in [-0.4, -0.2) is 40.8 Å². The topological polar surface area (TPSA) is 88.6 Å². The van der Waals surface area contributed by atoms with Gasteiger partial charge in [-0.25, -0.2) is 9.78 Å². The third kappa shape index (κ3) is 4.36. The lowest BCUT2D eigenvalue weighted by molar-refractivity contribution is -0.129. The maximum Gasteiger partial charge on any atom is 0.338 e. The molecule has 2 unspecified atom stereocenters. The Morgan fingerprint density at radius 2 is 2.04 bits per heavy atom. The molecule has 2 atom stereocenters. The summed E-state index contributed by atoms with van der Waals surface area (Å²) in [6.45, 7) is 4.29. The summed E-state index contributed by atoms with van der Waals surface area (Å²) < 4.78 is 4.95. The van der Waals surface area contributed by atoms with Crippen LogP contribution in [0.5, 0.6) is 0 Å². The van der Waals surface area contributed by atoms with Crippen molar-refractivity contribution in [2.24, 2.45) is 5.92 Å². The van der Waals surface area contributed by atoms with Gasteiger partial charge < -0.3 is 15.0 Å². The molecule has 2 heterocycles. The molecule has 1 aromatic heterocycles. The molecule has 0 saturated carbocycles. The maximum atomic E-state index is 12.6. The van der Waals surface area contributed by atoms with E-state index >= 15 is 0 Å². The molecule has 28 heavy (non-hydrogen) atoms. The summed E-state index contributed by atoms with van der Waals surface area (Å²) in [5.74, 6) is -1.02. The number of amides is 2. The van der Waals surface area contributed by atoms with Gasteiger partial charge in [0.25, 0.3) is 0 Å². The van der Waals surface area contributed by atoms with E-state index in [1.807, 2.05) is 37.3 Å². The first-order valence-corrected chi connectivity index (χ1v) is 9.28. The van der Waals surface area contributed by atoms with Crippen molar-refractivity contribution in [2.75, 3.05) is 18.5 Å². The van der Waals surface area contributed by atoms with Crippen LogP contribution >= 0.6 is 0 Å². The van der Waals surface area contributed by atoms with Gasteiger partial charge in [-0.2, -0.15) is 0 Å². The Bertz CT molecular complexity index is 869. The molecule has 7 nitrogen and oxygen atoms in total. The van der Waals surface area contributed by atoms with E-state index in [9.17, 15) is 14.4 Å². The molecule has 1 N–H and O–H groups in total. The van der Waals surface area contributed by atoms with Crippen molar-refractivity contribution in [3.05, 3.63) is 59.8 Å². The zero-order chi connectivity index (χ0) is 20.1. The predicted molar refractivity (Wildman–Crippen MR) is 104 cm³/mol. The van der Waals surface area contributed by atoms with Gasteiger partial charge in [-0.15, -0.1) is 0 Å². The molecule has 2 aromatic rings. The molecule has 0 bridgehead atoms. The summed E-state index contributed by atoms with van der Waals surface area (Å²) in [7, 11) is 0. The molecule has 7 heteroatoms. The van der Waals surface area contributed by atoms with Crippen molar-refractivity contribution in [1.29, 1.82) is 0 Å². The number of hydrogen-bond donors (Lipinski definition) is 1. The Labute approximate surface area is 163 Å². The van der Waals surface area contributed by atoms with Crippen LogP contribution < -0.4 is 5.32 Å². The number of nitrogens with zero attached hydrogens (tertiary/aromatic N) is 2. The second-order valence-electron chi connectivity index (χ2n) is 6.67. The van der Waals surface area contributed by atoms with Crippen LogP contribution in [0.4, 0.5) is 5.82 Å². The van der Waals surface area contributed by atoms with E-state index in [0.29, 0.717) is 12.1 Å². The Morgan fingerprint density at radius 3 is 2.75 bits per heavy atom. The highest BCUT2D eigenvalue weighted by atomic mass is 16.5. The number of rotatable bonds is 6. The first kappa shape index (κ1) is 19.5. The minimum atomic E-state index is -0.473. The van der Waals surface area contributed by atoms with E-state index < -0.39 is 11.9 Å². The summed E-state index contributed by atoms with van der Waals surface area (Å²) >= 11 is 0. The van der Waals surface area contributed by atoms with Crippen molar-refractivity contribution >= 4 is 23.6 Å². The largest absolute Gasteiger partial charge is 0.462 e. The molecule has 0 spiro atoms. The minimum Gasteiger partial charge on any atom is -0.462 e. The van der Waals surface area contributed by atoms with Crippen LogP contribution in [0, 0.1) is 5.92 Å². The molecule has 2 amide bonds. The highest BCUT2D eigenvalue weighted by Crippen LogP contribution is 2.29. The standard InChI is InChI=1S/C21H23N3O4/c1-3-28-21(27)16-9-10-22-18(11-16)23-20(26)17-12-19(25)24(13-17)14(2)15-7-5-4-6-8-15/h4-11,14,17H,3,12-13H2,1-2H3,(H,22,23,26). The molecule has 0 radical (unpaired) electrons. The minimum absolute atomic E-state index is 0.0512. The fourth-order valence-electron chi connectivity index (χ4n) is 3.26. The molecular formula is C21H23N3O4. The smallest absolute Gasteiger partial charge is 0.338 e. The van der Waals surface area contributed by atoms with E-state index in [4.69, 9.17) is 4.74 Å². The van der Waals surface area contributed by atoms with Crippen LogP contribution in [0.2, 0.25) is 0 Å². The summed E-state index contributed by atoms with van der Waals surface area (Å²) in [6, 6.07) is 12.6. The number of benzene rings is 1. The molecule has 3 rings (SSSR count). The van der Waals surface area contributed by atoms with Gasteiger partial charge in [0.2, 0.25) is 11.8 Å². The zero-order valence-corrected chi connectivity index (χ0v) is 15.9. The van der Waals surface area contributed by atoms with Crippen molar-refractivity contribution < 1.29 is 19.1 Å². The zero-order valence-electron chi connectivity index (χ0n) is 15.9. The first-order valence-electron chi connectivity index (χ1n) is 9.28. The predicted octanol–water partition coefficient (Wildman–Crippen LogP) is 2.81. The monoisotopic (exact) mass is 381 g/mol.